The highest BCUT2D eigenvalue weighted by molar-refractivity contribution is 9.10. The minimum Gasteiger partial charge on any atom is -0.460 e. The van der Waals surface area contributed by atoms with Gasteiger partial charge in [0.15, 0.2) is 5.69 Å². The number of piperidine rings is 1. The molecule has 202 valence electrons. The summed E-state index contributed by atoms with van der Waals surface area (Å²) >= 11 is 3.61. The molecule has 2 aromatic carbocycles. The Morgan fingerprint density at radius 1 is 1.13 bits per heavy atom. The Balaban J connectivity index is 0.00000336. The van der Waals surface area contributed by atoms with Crippen LogP contribution in [0.3, 0.4) is 0 Å². The van der Waals surface area contributed by atoms with Gasteiger partial charge in [-0.2, -0.15) is 5.10 Å². The molecule has 2 aromatic heterocycles. The number of halogens is 2. The molecule has 1 saturated heterocycles. The summed E-state index contributed by atoms with van der Waals surface area (Å²) < 4.78 is 8.99. The maximum atomic E-state index is 13.0. The van der Waals surface area contributed by atoms with Crippen LogP contribution in [0.15, 0.2) is 57.4 Å². The Labute approximate surface area is 237 Å². The maximum Gasteiger partial charge on any atom is 0.276 e. The van der Waals surface area contributed by atoms with Gasteiger partial charge in [-0.1, -0.05) is 41.9 Å². The quantitative estimate of drug-likeness (QED) is 0.253. The molecule has 1 aliphatic heterocycles. The predicted octanol–water partition coefficient (Wildman–Crippen LogP) is 6.50. The zero-order chi connectivity index (χ0) is 26.1. The molecular weight excluding hydrogens is 568 g/mol. The van der Waals surface area contributed by atoms with Gasteiger partial charge < -0.3 is 14.8 Å². The largest absolute Gasteiger partial charge is 0.460 e. The molecule has 1 fully saturated rings. The summed E-state index contributed by atoms with van der Waals surface area (Å²) in [4.78, 5) is 15.3. The van der Waals surface area contributed by atoms with Gasteiger partial charge in [0.05, 0.1) is 12.6 Å². The van der Waals surface area contributed by atoms with Crippen molar-refractivity contribution in [2.75, 3.05) is 18.4 Å². The number of aryl methyl sites for hydroxylation is 1. The number of amides is 1. The van der Waals surface area contributed by atoms with Gasteiger partial charge in [0.1, 0.15) is 11.3 Å². The molecule has 2 N–H and O–H groups in total. The number of hydrogen-bond acceptors (Lipinski definition) is 5. The Kier molecular flexibility index (Phi) is 8.98. The first-order chi connectivity index (χ1) is 17.7. The van der Waals surface area contributed by atoms with E-state index in [2.05, 4.69) is 57.2 Å². The smallest absolute Gasteiger partial charge is 0.276 e. The SMILES string of the molecule is Cc1cc(C(=O)Nc2ccc(CN3CCC(O)CC3)cc2)nn1Cc1cc(Br)cc2cc(C(C)C)oc12.Cl. The highest BCUT2D eigenvalue weighted by Gasteiger charge is 2.18. The van der Waals surface area contributed by atoms with Crippen LogP contribution in [0.1, 0.15) is 65.7 Å². The summed E-state index contributed by atoms with van der Waals surface area (Å²) in [5.41, 5.74) is 5.06. The van der Waals surface area contributed by atoms with Crippen molar-refractivity contribution in [2.45, 2.75) is 58.7 Å². The number of rotatable bonds is 7. The monoisotopic (exact) mass is 600 g/mol. The van der Waals surface area contributed by atoms with Crippen molar-refractivity contribution in [3.8, 4) is 0 Å². The highest BCUT2D eigenvalue weighted by Crippen LogP contribution is 2.31. The zero-order valence-electron chi connectivity index (χ0n) is 21.9. The minimum absolute atomic E-state index is 0. The van der Waals surface area contributed by atoms with E-state index in [1.165, 1.54) is 5.56 Å². The van der Waals surface area contributed by atoms with Gasteiger partial charge in [0, 0.05) is 52.4 Å². The molecule has 0 atom stereocenters. The third-order valence-corrected chi connectivity index (χ3v) is 7.41. The average Bonchev–Trinajstić information content (AvgIpc) is 3.46. The molecule has 7 nitrogen and oxygen atoms in total. The summed E-state index contributed by atoms with van der Waals surface area (Å²) in [5.74, 6) is 1.01. The molecular formula is C29H34BrClN4O3. The number of aromatic nitrogens is 2. The molecule has 3 heterocycles. The van der Waals surface area contributed by atoms with Crippen molar-refractivity contribution < 1.29 is 14.3 Å². The number of carbonyl (C=O) groups excluding carboxylic acids is 1. The number of furan rings is 1. The van der Waals surface area contributed by atoms with Gasteiger partial charge in [-0.15, -0.1) is 12.4 Å². The second-order valence-corrected chi connectivity index (χ2v) is 11.2. The van der Waals surface area contributed by atoms with E-state index in [4.69, 9.17) is 4.42 Å². The number of fused-ring (bicyclic) bond motifs is 1. The van der Waals surface area contributed by atoms with E-state index < -0.39 is 0 Å². The molecule has 1 amide bonds. The van der Waals surface area contributed by atoms with Crippen LogP contribution in [0.4, 0.5) is 5.69 Å². The topological polar surface area (TPSA) is 83.5 Å². The lowest BCUT2D eigenvalue weighted by Gasteiger charge is -2.29. The Hall–Kier alpha value is -2.65. The van der Waals surface area contributed by atoms with Crippen LogP contribution in [0.5, 0.6) is 0 Å². The number of aliphatic hydroxyl groups excluding tert-OH is 1. The number of nitrogens with one attached hydrogen (secondary N) is 1. The molecule has 1 aliphatic rings. The molecule has 9 heteroatoms. The zero-order valence-corrected chi connectivity index (χ0v) is 24.3. The third kappa shape index (κ3) is 6.49. The molecule has 0 bridgehead atoms. The Morgan fingerprint density at radius 2 is 1.84 bits per heavy atom. The molecule has 0 aliphatic carbocycles. The fourth-order valence-corrected chi connectivity index (χ4v) is 5.30. The van der Waals surface area contributed by atoms with Crippen molar-refractivity contribution in [3.05, 3.63) is 81.3 Å². The van der Waals surface area contributed by atoms with E-state index in [9.17, 15) is 9.90 Å². The first-order valence-corrected chi connectivity index (χ1v) is 13.6. The van der Waals surface area contributed by atoms with Crippen LogP contribution in [-0.4, -0.2) is 44.9 Å². The molecule has 0 spiro atoms. The number of hydrogen-bond donors (Lipinski definition) is 2. The van der Waals surface area contributed by atoms with Gasteiger partial charge in [0.25, 0.3) is 5.91 Å². The van der Waals surface area contributed by atoms with E-state index >= 15 is 0 Å². The fraction of sp³-hybridized carbons (Fsp3) is 0.379. The van der Waals surface area contributed by atoms with E-state index in [0.29, 0.717) is 18.2 Å². The van der Waals surface area contributed by atoms with Crippen LogP contribution >= 0.6 is 28.3 Å². The minimum atomic E-state index is -0.237. The lowest BCUT2D eigenvalue weighted by molar-refractivity contribution is 0.0792. The number of carbonyl (C=O) groups is 1. The first kappa shape index (κ1) is 28.4. The number of likely N-dealkylation sites (tertiary alicyclic amines) is 1. The molecule has 0 unspecified atom stereocenters. The van der Waals surface area contributed by atoms with Crippen molar-refractivity contribution >= 4 is 50.9 Å². The van der Waals surface area contributed by atoms with Gasteiger partial charge in [0.2, 0.25) is 0 Å². The van der Waals surface area contributed by atoms with Gasteiger partial charge >= 0.3 is 0 Å². The van der Waals surface area contributed by atoms with Gasteiger partial charge in [-0.25, -0.2) is 0 Å². The second kappa shape index (κ2) is 12.0. The number of aliphatic hydroxyl groups is 1. The normalized spacial score (nSPS) is 14.7. The number of nitrogens with zero attached hydrogens (tertiary/aromatic N) is 3. The predicted molar refractivity (Wildman–Crippen MR) is 156 cm³/mol. The maximum absolute atomic E-state index is 13.0. The fourth-order valence-electron chi connectivity index (χ4n) is 4.77. The molecule has 0 radical (unpaired) electrons. The van der Waals surface area contributed by atoms with Crippen molar-refractivity contribution in [1.82, 2.24) is 14.7 Å². The van der Waals surface area contributed by atoms with Crippen LogP contribution in [-0.2, 0) is 13.1 Å². The summed E-state index contributed by atoms with van der Waals surface area (Å²) in [6, 6.07) is 15.9. The lowest BCUT2D eigenvalue weighted by atomic mass is 10.1. The van der Waals surface area contributed by atoms with Gasteiger partial charge in [-0.05, 0) is 61.7 Å². The van der Waals surface area contributed by atoms with Crippen molar-refractivity contribution in [2.24, 2.45) is 0 Å². The number of benzene rings is 2. The van der Waals surface area contributed by atoms with Gasteiger partial charge in [-0.3, -0.25) is 14.4 Å². The second-order valence-electron chi connectivity index (χ2n) is 10.3. The Morgan fingerprint density at radius 3 is 2.53 bits per heavy atom. The van der Waals surface area contributed by atoms with Crippen LogP contribution in [0, 0.1) is 6.92 Å². The average molecular weight is 602 g/mol. The van der Waals surface area contributed by atoms with Crippen LogP contribution < -0.4 is 5.32 Å². The first-order valence-electron chi connectivity index (χ1n) is 12.8. The van der Waals surface area contributed by atoms with E-state index in [1.54, 1.807) is 0 Å². The molecule has 5 rings (SSSR count). The van der Waals surface area contributed by atoms with E-state index in [1.807, 2.05) is 48.0 Å². The highest BCUT2D eigenvalue weighted by atomic mass is 79.9. The van der Waals surface area contributed by atoms with Crippen molar-refractivity contribution in [3.63, 3.8) is 0 Å². The lowest BCUT2D eigenvalue weighted by Crippen LogP contribution is -2.35. The molecule has 38 heavy (non-hydrogen) atoms. The van der Waals surface area contributed by atoms with E-state index in [-0.39, 0.29) is 24.4 Å². The summed E-state index contributed by atoms with van der Waals surface area (Å²) in [5, 5.41) is 18.3. The van der Waals surface area contributed by atoms with Crippen molar-refractivity contribution in [1.29, 1.82) is 0 Å². The number of anilines is 1. The van der Waals surface area contributed by atoms with Crippen LogP contribution in [0.25, 0.3) is 11.0 Å². The molecule has 0 saturated carbocycles. The Bertz CT molecular complexity index is 1410. The van der Waals surface area contributed by atoms with E-state index in [0.717, 1.165) is 70.6 Å². The molecule has 4 aromatic rings. The third-order valence-electron chi connectivity index (χ3n) is 6.96. The summed E-state index contributed by atoms with van der Waals surface area (Å²) in [6.45, 7) is 9.35. The standard InChI is InChI=1S/C29H33BrN4O3.ClH/c1-18(2)27-15-21-13-23(30)14-22(28(21)37-27)17-34-19(3)12-26(32-34)29(36)31-24-6-4-20(5-7-24)16-33-10-8-25(35)9-11-33;/h4-7,12-15,18,25,35H,8-11,16-17H2,1-3H3,(H,31,36);1H. The summed E-state index contributed by atoms with van der Waals surface area (Å²) in [7, 11) is 0. The summed E-state index contributed by atoms with van der Waals surface area (Å²) in [6.07, 6.45) is 1.49. The van der Waals surface area contributed by atoms with Crippen LogP contribution in [0.2, 0.25) is 0 Å².